The molecule has 0 spiro atoms. The van der Waals surface area contributed by atoms with Gasteiger partial charge in [-0.25, -0.2) is 9.48 Å². The number of hydrogen-bond acceptors (Lipinski definition) is 6. The maximum atomic E-state index is 12.7. The molecule has 0 saturated heterocycles. The van der Waals surface area contributed by atoms with Gasteiger partial charge in [0.15, 0.2) is 5.69 Å². The van der Waals surface area contributed by atoms with Gasteiger partial charge in [-0.15, -0.1) is 4.59 Å². The second kappa shape index (κ2) is 17.2. The molecule has 2 unspecified atom stereocenters. The SMILES string of the molecule is CC1=N[N+](C)(c2cccc(Cl)c2)C=C1C(=O)O.Cc1nn(-c2cccc(Cl)c2)cc1C(Nc1ccc(C(=O)N(C)CCC(=O)O)cc1)C1CCCCC1. The molecule has 1 aromatic heterocycles. The standard InChI is InChI=1S/C28H33ClN4O3.C12H11ClN2O2/c1-19-25(18-33(31-19)24-10-6-9-22(29)17-24)27(20-7-4-3-5-8-20)30-23-13-11-21(12-14-23)28(36)32(2)16-15-26(34)35;1-8-11(12(16)17)7-15(2,14-8)10-5-3-4-9(13)6-10/h6,9-14,17-18,20,27,30H,3-5,7-8,15-16H2,1-2H3,(H,34,35);3-7H,1-2H3/p+1. The molecule has 3 aromatic carbocycles. The number of anilines is 1. The van der Waals surface area contributed by atoms with Crippen molar-refractivity contribution >= 4 is 58.1 Å². The van der Waals surface area contributed by atoms with E-state index >= 15 is 0 Å². The smallest absolute Gasteiger partial charge is 0.343 e. The zero-order chi connectivity index (χ0) is 38.3. The summed E-state index contributed by atoms with van der Waals surface area (Å²) in [7, 11) is 3.43. The number of quaternary nitrogens is 1. The number of nitrogens with zero attached hydrogens (tertiary/aromatic N) is 5. The highest BCUT2D eigenvalue weighted by Crippen LogP contribution is 2.38. The first-order valence-corrected chi connectivity index (χ1v) is 18.3. The molecule has 2 atom stereocenters. The van der Waals surface area contributed by atoms with E-state index in [9.17, 15) is 14.4 Å². The molecule has 3 N–H and O–H groups in total. The zero-order valence-corrected chi connectivity index (χ0v) is 31.8. The number of benzene rings is 3. The lowest BCUT2D eigenvalue weighted by Gasteiger charge is -2.31. The van der Waals surface area contributed by atoms with E-state index in [1.54, 1.807) is 44.4 Å². The second-order valence-electron chi connectivity index (χ2n) is 13.6. The van der Waals surface area contributed by atoms with Gasteiger partial charge >= 0.3 is 11.9 Å². The van der Waals surface area contributed by atoms with Gasteiger partial charge in [0.25, 0.3) is 5.91 Å². The van der Waals surface area contributed by atoms with E-state index in [1.807, 2.05) is 67.2 Å². The summed E-state index contributed by atoms with van der Waals surface area (Å²) in [6.07, 6.45) is 9.66. The maximum Gasteiger partial charge on any atom is 0.343 e. The van der Waals surface area contributed by atoms with Crippen LogP contribution in [0.4, 0.5) is 11.4 Å². The maximum absolute atomic E-state index is 12.7. The number of carboxylic acid groups (broad SMARTS) is 2. The van der Waals surface area contributed by atoms with Crippen molar-refractivity contribution in [2.75, 3.05) is 26.0 Å². The van der Waals surface area contributed by atoms with Gasteiger partial charge in [-0.3, -0.25) is 9.59 Å². The molecule has 4 aromatic rings. The lowest BCUT2D eigenvalue weighted by Crippen LogP contribution is -2.30. The first kappa shape index (κ1) is 39.2. The van der Waals surface area contributed by atoms with Gasteiger partial charge in [0.05, 0.1) is 23.8 Å². The van der Waals surface area contributed by atoms with Gasteiger partial charge in [-0.05, 0) is 81.1 Å². The van der Waals surface area contributed by atoms with Crippen LogP contribution < -0.4 is 9.91 Å². The van der Waals surface area contributed by atoms with Gasteiger partial charge < -0.3 is 20.4 Å². The Balaban J connectivity index is 0.000000265. The number of aromatic nitrogens is 2. The minimum absolute atomic E-state index is 0.0762. The molecule has 0 bridgehead atoms. The molecule has 13 heteroatoms. The monoisotopic (exact) mass is 759 g/mol. The van der Waals surface area contributed by atoms with Crippen molar-refractivity contribution in [3.63, 3.8) is 0 Å². The van der Waals surface area contributed by atoms with Gasteiger partial charge in [-0.1, -0.05) is 59.7 Å². The summed E-state index contributed by atoms with van der Waals surface area (Å²) in [6, 6.07) is 22.4. The minimum Gasteiger partial charge on any atom is -0.481 e. The molecule has 1 amide bonds. The third-order valence-electron chi connectivity index (χ3n) is 9.62. The quantitative estimate of drug-likeness (QED) is 0.130. The van der Waals surface area contributed by atoms with Crippen LogP contribution in [0.15, 0.2) is 95.9 Å². The molecule has 6 rings (SSSR count). The van der Waals surface area contributed by atoms with Crippen LogP contribution >= 0.6 is 23.2 Å². The van der Waals surface area contributed by atoms with Crippen LogP contribution in [0.5, 0.6) is 0 Å². The van der Waals surface area contributed by atoms with Crippen LogP contribution in [0.2, 0.25) is 10.0 Å². The third-order valence-corrected chi connectivity index (χ3v) is 10.1. The van der Waals surface area contributed by atoms with Crippen molar-refractivity contribution < 1.29 is 24.6 Å². The van der Waals surface area contributed by atoms with E-state index in [1.165, 1.54) is 24.2 Å². The molecule has 53 heavy (non-hydrogen) atoms. The largest absolute Gasteiger partial charge is 0.481 e. The number of aliphatic carboxylic acids is 2. The normalized spacial score (nSPS) is 17.5. The molecule has 2 heterocycles. The molecule has 1 saturated carbocycles. The van der Waals surface area contributed by atoms with Gasteiger partial charge in [0.1, 0.15) is 24.5 Å². The zero-order valence-electron chi connectivity index (χ0n) is 30.3. The van der Waals surface area contributed by atoms with Gasteiger partial charge in [0, 0.05) is 58.8 Å². The molecule has 1 aliphatic heterocycles. The van der Waals surface area contributed by atoms with Crippen LogP contribution in [0, 0.1) is 12.8 Å². The number of nitrogens with one attached hydrogen (secondary N) is 1. The number of aryl methyl sites for hydroxylation is 1. The Bertz CT molecular complexity index is 2020. The number of carbonyl (C=O) groups excluding carboxylic acids is 1. The lowest BCUT2D eigenvalue weighted by molar-refractivity contribution is -0.137. The Kier molecular flexibility index (Phi) is 12.8. The van der Waals surface area contributed by atoms with E-state index in [-0.39, 0.29) is 35.1 Å². The second-order valence-corrected chi connectivity index (χ2v) is 14.5. The van der Waals surface area contributed by atoms with Crippen molar-refractivity contribution in [1.82, 2.24) is 19.3 Å². The van der Waals surface area contributed by atoms with Crippen LogP contribution in [0.25, 0.3) is 5.69 Å². The molecule has 11 nitrogen and oxygen atoms in total. The van der Waals surface area contributed by atoms with Gasteiger partial charge in [0.2, 0.25) is 0 Å². The topological polar surface area (TPSA) is 137 Å². The fraction of sp³-hybridized carbons (Fsp3) is 0.325. The Hall–Kier alpha value is -4.97. The summed E-state index contributed by atoms with van der Waals surface area (Å²) in [5.74, 6) is -1.59. The predicted molar refractivity (Wildman–Crippen MR) is 210 cm³/mol. The van der Waals surface area contributed by atoms with E-state index < -0.39 is 11.9 Å². The van der Waals surface area contributed by atoms with E-state index in [0.717, 1.165) is 41.2 Å². The molecular formula is C40H45Cl2N6O5+. The third kappa shape index (κ3) is 9.92. The van der Waals surface area contributed by atoms with Crippen molar-refractivity contribution in [3.8, 4) is 5.69 Å². The molecule has 278 valence electrons. The molecule has 2 aliphatic rings. The van der Waals surface area contributed by atoms with Crippen LogP contribution in [0.3, 0.4) is 0 Å². The highest BCUT2D eigenvalue weighted by atomic mass is 35.5. The summed E-state index contributed by atoms with van der Waals surface area (Å²) in [5.41, 5.74) is 6.10. The molecule has 1 aliphatic carbocycles. The average Bonchev–Trinajstić information content (AvgIpc) is 3.69. The lowest BCUT2D eigenvalue weighted by atomic mass is 9.81. The highest BCUT2D eigenvalue weighted by Gasteiger charge is 2.34. The van der Waals surface area contributed by atoms with E-state index in [2.05, 4.69) is 16.6 Å². The Labute approximate surface area is 319 Å². The summed E-state index contributed by atoms with van der Waals surface area (Å²) in [6.45, 7) is 3.91. The summed E-state index contributed by atoms with van der Waals surface area (Å²) in [5, 5.41) is 32.1. The van der Waals surface area contributed by atoms with Crippen LogP contribution in [0.1, 0.15) is 73.1 Å². The Morgan fingerprint density at radius 1 is 0.962 bits per heavy atom. The molecule has 0 radical (unpaired) electrons. The molecule has 1 fully saturated rings. The first-order valence-electron chi connectivity index (χ1n) is 17.6. The predicted octanol–water partition coefficient (Wildman–Crippen LogP) is 8.75. The van der Waals surface area contributed by atoms with Crippen LogP contribution in [-0.4, -0.2) is 69.1 Å². The van der Waals surface area contributed by atoms with E-state index in [4.69, 9.17) is 38.5 Å². The Morgan fingerprint density at radius 3 is 2.23 bits per heavy atom. The van der Waals surface area contributed by atoms with E-state index in [0.29, 0.717) is 27.2 Å². The molecular weight excluding hydrogens is 715 g/mol. The minimum atomic E-state index is -0.963. The number of carboxylic acids is 2. The van der Waals surface area contributed by atoms with Crippen molar-refractivity contribution in [2.24, 2.45) is 11.0 Å². The highest BCUT2D eigenvalue weighted by molar-refractivity contribution is 6.31. The Morgan fingerprint density at radius 2 is 1.62 bits per heavy atom. The number of carbonyl (C=O) groups is 3. The summed E-state index contributed by atoms with van der Waals surface area (Å²) < 4.78 is 1.97. The van der Waals surface area contributed by atoms with Crippen LogP contribution in [-0.2, 0) is 9.59 Å². The fourth-order valence-electron chi connectivity index (χ4n) is 6.76. The first-order chi connectivity index (χ1) is 25.2. The summed E-state index contributed by atoms with van der Waals surface area (Å²) >= 11 is 12.1. The fourth-order valence-corrected chi connectivity index (χ4v) is 7.13. The summed E-state index contributed by atoms with van der Waals surface area (Å²) in [4.78, 5) is 35.9. The van der Waals surface area contributed by atoms with Crippen molar-refractivity contribution in [2.45, 2.75) is 58.4 Å². The number of halogens is 2. The number of amides is 1. The van der Waals surface area contributed by atoms with Crippen molar-refractivity contribution in [1.29, 1.82) is 0 Å². The average molecular weight is 761 g/mol. The van der Waals surface area contributed by atoms with Gasteiger partial charge in [-0.2, -0.15) is 5.10 Å². The van der Waals surface area contributed by atoms with Crippen molar-refractivity contribution in [3.05, 3.63) is 118 Å². The number of hydrogen-bond donors (Lipinski definition) is 3. The number of rotatable bonds is 11.